The number of rotatable bonds is 5. The van der Waals surface area contributed by atoms with E-state index in [2.05, 4.69) is 28.1 Å². The molecule has 1 saturated carbocycles. The highest BCUT2D eigenvalue weighted by molar-refractivity contribution is 5.81. The van der Waals surface area contributed by atoms with E-state index in [0.29, 0.717) is 17.5 Å². The van der Waals surface area contributed by atoms with Crippen LogP contribution in [0.5, 0.6) is 0 Å². The lowest BCUT2D eigenvalue weighted by molar-refractivity contribution is -0.127. The Morgan fingerprint density at radius 3 is 2.48 bits per heavy atom. The first-order valence-corrected chi connectivity index (χ1v) is 10.3. The number of amides is 1. The molecule has 146 valence electrons. The summed E-state index contributed by atoms with van der Waals surface area (Å²) < 4.78 is 0. The fourth-order valence-electron chi connectivity index (χ4n) is 4.25. The Morgan fingerprint density at radius 1 is 1.19 bits per heavy atom. The molecule has 5 nitrogen and oxygen atoms in total. The third kappa shape index (κ3) is 5.31. The van der Waals surface area contributed by atoms with E-state index in [1.165, 1.54) is 24.8 Å². The molecule has 2 aliphatic rings. The van der Waals surface area contributed by atoms with Crippen LogP contribution in [0.25, 0.3) is 0 Å². The van der Waals surface area contributed by atoms with Gasteiger partial charge in [-0.05, 0) is 43.4 Å². The minimum absolute atomic E-state index is 0.0591. The second-order valence-corrected chi connectivity index (χ2v) is 8.17. The molecular formula is C22H32N4O. The third-order valence-electron chi connectivity index (χ3n) is 6.26. The van der Waals surface area contributed by atoms with Gasteiger partial charge in [-0.3, -0.25) is 14.6 Å². The van der Waals surface area contributed by atoms with Crippen LogP contribution in [0, 0.1) is 17.2 Å². The molecule has 5 heteroatoms. The van der Waals surface area contributed by atoms with Gasteiger partial charge in [0.2, 0.25) is 5.91 Å². The number of benzene rings is 1. The Kier molecular flexibility index (Phi) is 6.87. The van der Waals surface area contributed by atoms with Crippen molar-refractivity contribution in [3.8, 4) is 6.07 Å². The van der Waals surface area contributed by atoms with Crippen molar-refractivity contribution < 1.29 is 4.79 Å². The lowest BCUT2D eigenvalue weighted by Gasteiger charge is -2.38. The van der Waals surface area contributed by atoms with Gasteiger partial charge in [0.15, 0.2) is 0 Å². The van der Waals surface area contributed by atoms with Gasteiger partial charge in [-0.2, -0.15) is 5.26 Å². The van der Waals surface area contributed by atoms with Crippen molar-refractivity contribution in [2.24, 2.45) is 5.92 Å². The molecule has 0 aromatic heterocycles. The number of carbonyl (C=O) groups is 1. The summed E-state index contributed by atoms with van der Waals surface area (Å²) in [6, 6.07) is 10.3. The zero-order chi connectivity index (χ0) is 19.2. The van der Waals surface area contributed by atoms with Gasteiger partial charge in [0.25, 0.3) is 0 Å². The molecular weight excluding hydrogens is 336 g/mol. The Bertz CT molecular complexity index is 658. The van der Waals surface area contributed by atoms with Gasteiger partial charge < -0.3 is 5.32 Å². The predicted octanol–water partition coefficient (Wildman–Crippen LogP) is 2.76. The zero-order valence-electron chi connectivity index (χ0n) is 16.7. The minimum atomic E-state index is -0.0591. The van der Waals surface area contributed by atoms with Crippen LogP contribution in [0.4, 0.5) is 0 Å². The van der Waals surface area contributed by atoms with E-state index in [1.54, 1.807) is 0 Å². The first-order chi connectivity index (χ1) is 13.1. The SMILES string of the molecule is C[C@@H]1CCCC[C@@H]1NC(=O)[C@@H](C)N1CCN(Cc2ccc(C#N)cc2)CC1. The number of piperazine rings is 1. The number of carbonyl (C=O) groups excluding carboxylic acids is 1. The second-order valence-electron chi connectivity index (χ2n) is 8.17. The van der Waals surface area contributed by atoms with Crippen LogP contribution >= 0.6 is 0 Å². The number of nitriles is 1. The molecule has 1 N–H and O–H groups in total. The quantitative estimate of drug-likeness (QED) is 0.868. The fraction of sp³-hybridized carbons (Fsp3) is 0.636. The standard InChI is InChI=1S/C22H32N4O/c1-17-5-3-4-6-21(17)24-22(27)18(2)26-13-11-25(12-14-26)16-20-9-7-19(15-23)8-10-20/h7-10,17-18,21H,3-6,11-14,16H2,1-2H3,(H,24,27)/t17-,18-,21+/m1/s1. The van der Waals surface area contributed by atoms with E-state index in [-0.39, 0.29) is 11.9 Å². The summed E-state index contributed by atoms with van der Waals surface area (Å²) in [7, 11) is 0. The molecule has 0 bridgehead atoms. The van der Waals surface area contributed by atoms with E-state index in [1.807, 2.05) is 31.2 Å². The van der Waals surface area contributed by atoms with Crippen LogP contribution in [0.1, 0.15) is 50.7 Å². The number of nitrogens with zero attached hydrogens (tertiary/aromatic N) is 3. The zero-order valence-corrected chi connectivity index (χ0v) is 16.7. The number of hydrogen-bond acceptors (Lipinski definition) is 4. The molecule has 1 amide bonds. The average Bonchev–Trinajstić information content (AvgIpc) is 2.70. The largest absolute Gasteiger partial charge is 0.352 e. The fourth-order valence-corrected chi connectivity index (χ4v) is 4.25. The van der Waals surface area contributed by atoms with Crippen LogP contribution in [0.15, 0.2) is 24.3 Å². The summed E-state index contributed by atoms with van der Waals surface area (Å²) in [5, 5.41) is 12.2. The van der Waals surface area contributed by atoms with Crippen molar-refractivity contribution in [2.75, 3.05) is 26.2 Å². The predicted molar refractivity (Wildman–Crippen MR) is 107 cm³/mol. The molecule has 1 aliphatic carbocycles. The molecule has 1 heterocycles. The topological polar surface area (TPSA) is 59.4 Å². The highest BCUT2D eigenvalue weighted by Gasteiger charge is 2.29. The van der Waals surface area contributed by atoms with Crippen molar-refractivity contribution in [1.82, 2.24) is 15.1 Å². The number of hydrogen-bond donors (Lipinski definition) is 1. The number of nitrogens with one attached hydrogen (secondary N) is 1. The van der Waals surface area contributed by atoms with Crippen molar-refractivity contribution in [3.63, 3.8) is 0 Å². The Hall–Kier alpha value is -1.90. The van der Waals surface area contributed by atoms with Gasteiger partial charge in [-0.15, -0.1) is 0 Å². The molecule has 0 radical (unpaired) electrons. The van der Waals surface area contributed by atoms with Crippen LogP contribution in [-0.4, -0.2) is 54.0 Å². The average molecular weight is 369 g/mol. The third-order valence-corrected chi connectivity index (χ3v) is 6.26. The Balaban J connectivity index is 1.44. The van der Waals surface area contributed by atoms with Crippen LogP contribution in [-0.2, 0) is 11.3 Å². The van der Waals surface area contributed by atoms with Crippen molar-refractivity contribution in [2.45, 2.75) is 58.2 Å². The van der Waals surface area contributed by atoms with E-state index in [4.69, 9.17) is 5.26 Å². The maximum Gasteiger partial charge on any atom is 0.237 e. The van der Waals surface area contributed by atoms with Gasteiger partial charge in [0, 0.05) is 38.8 Å². The summed E-state index contributed by atoms with van der Waals surface area (Å²) in [6.45, 7) is 8.99. The highest BCUT2D eigenvalue weighted by Crippen LogP contribution is 2.24. The van der Waals surface area contributed by atoms with Gasteiger partial charge in [0.05, 0.1) is 17.7 Å². The lowest BCUT2D eigenvalue weighted by atomic mass is 9.86. The first kappa shape index (κ1) is 19.9. The van der Waals surface area contributed by atoms with Gasteiger partial charge in [-0.25, -0.2) is 0 Å². The lowest BCUT2D eigenvalue weighted by Crippen LogP contribution is -2.55. The van der Waals surface area contributed by atoms with Crippen LogP contribution < -0.4 is 5.32 Å². The molecule has 1 aromatic carbocycles. The molecule has 1 aliphatic heterocycles. The minimum Gasteiger partial charge on any atom is -0.352 e. The molecule has 0 spiro atoms. The summed E-state index contributed by atoms with van der Waals surface area (Å²) in [6.07, 6.45) is 4.88. The van der Waals surface area contributed by atoms with Gasteiger partial charge in [-0.1, -0.05) is 31.9 Å². The second kappa shape index (κ2) is 9.34. The molecule has 1 saturated heterocycles. The van der Waals surface area contributed by atoms with Crippen molar-refractivity contribution in [1.29, 1.82) is 5.26 Å². The van der Waals surface area contributed by atoms with Gasteiger partial charge in [0.1, 0.15) is 0 Å². The van der Waals surface area contributed by atoms with Crippen molar-refractivity contribution in [3.05, 3.63) is 35.4 Å². The molecule has 3 atom stereocenters. The highest BCUT2D eigenvalue weighted by atomic mass is 16.2. The van der Waals surface area contributed by atoms with E-state index >= 15 is 0 Å². The monoisotopic (exact) mass is 368 g/mol. The summed E-state index contributed by atoms with van der Waals surface area (Å²) >= 11 is 0. The summed E-state index contributed by atoms with van der Waals surface area (Å²) in [5.74, 6) is 0.786. The maximum absolute atomic E-state index is 12.7. The maximum atomic E-state index is 12.7. The molecule has 3 rings (SSSR count). The molecule has 0 unspecified atom stereocenters. The first-order valence-electron chi connectivity index (χ1n) is 10.3. The normalized spacial score (nSPS) is 25.5. The Morgan fingerprint density at radius 2 is 1.85 bits per heavy atom. The molecule has 2 fully saturated rings. The molecule has 27 heavy (non-hydrogen) atoms. The van der Waals surface area contributed by atoms with Crippen LogP contribution in [0.3, 0.4) is 0 Å². The van der Waals surface area contributed by atoms with Crippen LogP contribution in [0.2, 0.25) is 0 Å². The molecule has 1 aromatic rings. The van der Waals surface area contributed by atoms with E-state index in [9.17, 15) is 4.79 Å². The van der Waals surface area contributed by atoms with Crippen molar-refractivity contribution >= 4 is 5.91 Å². The smallest absolute Gasteiger partial charge is 0.237 e. The summed E-state index contributed by atoms with van der Waals surface area (Å²) in [5.41, 5.74) is 1.94. The van der Waals surface area contributed by atoms with E-state index < -0.39 is 0 Å². The van der Waals surface area contributed by atoms with E-state index in [0.717, 1.165) is 39.1 Å². The summed E-state index contributed by atoms with van der Waals surface area (Å²) in [4.78, 5) is 17.4. The Labute approximate surface area is 163 Å². The van der Waals surface area contributed by atoms with Gasteiger partial charge >= 0.3 is 0 Å².